The monoisotopic (exact) mass is 324 g/mol. The fourth-order valence-electron chi connectivity index (χ4n) is 3.19. The first-order chi connectivity index (χ1) is 11.7. The van der Waals surface area contributed by atoms with Gasteiger partial charge in [0, 0.05) is 19.6 Å². The van der Waals surface area contributed by atoms with E-state index in [-0.39, 0.29) is 11.9 Å². The number of likely N-dealkylation sites (N-methyl/N-ethyl adjacent to an activating group) is 1. The Morgan fingerprint density at radius 3 is 2.67 bits per heavy atom. The van der Waals surface area contributed by atoms with Gasteiger partial charge in [0.1, 0.15) is 5.75 Å². The Bertz CT molecular complexity index is 687. The average molecular weight is 324 g/mol. The summed E-state index contributed by atoms with van der Waals surface area (Å²) in [5, 5.41) is 0. The number of nitrogens with zero attached hydrogens (tertiary/aromatic N) is 2. The van der Waals surface area contributed by atoms with Crippen LogP contribution >= 0.6 is 0 Å². The van der Waals surface area contributed by atoms with Crippen LogP contribution in [0.2, 0.25) is 0 Å². The fraction of sp³-hybridized carbons (Fsp3) is 0.350. The summed E-state index contributed by atoms with van der Waals surface area (Å²) in [5.74, 6) is 1.05. The molecular formula is C20H24N2O2. The number of ether oxygens (including phenoxy) is 1. The lowest BCUT2D eigenvalue weighted by atomic mass is 10.0. The van der Waals surface area contributed by atoms with Crippen LogP contribution < -0.4 is 4.74 Å². The number of rotatable bonds is 4. The maximum absolute atomic E-state index is 12.7. The number of benzene rings is 2. The molecule has 4 nitrogen and oxygen atoms in total. The number of amides is 1. The van der Waals surface area contributed by atoms with Crippen LogP contribution in [-0.2, 0) is 11.2 Å². The topological polar surface area (TPSA) is 32.8 Å². The van der Waals surface area contributed by atoms with Crippen molar-refractivity contribution in [1.29, 1.82) is 0 Å². The molecule has 0 spiro atoms. The van der Waals surface area contributed by atoms with Crippen LogP contribution in [0, 0.1) is 0 Å². The second-order valence-corrected chi connectivity index (χ2v) is 6.28. The Morgan fingerprint density at radius 1 is 1.12 bits per heavy atom. The van der Waals surface area contributed by atoms with Crippen molar-refractivity contribution in [3.05, 3.63) is 65.7 Å². The molecule has 0 saturated carbocycles. The van der Waals surface area contributed by atoms with Gasteiger partial charge in [0.05, 0.1) is 19.6 Å². The SMILES string of the molecule is COc1cccc(C2CN(C(=O)Cc3ccccc3)CCN2C)c1. The van der Waals surface area contributed by atoms with Crippen LogP contribution in [0.1, 0.15) is 17.2 Å². The van der Waals surface area contributed by atoms with E-state index in [1.165, 1.54) is 5.56 Å². The molecule has 2 aromatic rings. The smallest absolute Gasteiger partial charge is 0.227 e. The summed E-state index contributed by atoms with van der Waals surface area (Å²) in [4.78, 5) is 16.9. The summed E-state index contributed by atoms with van der Waals surface area (Å²) in [6.07, 6.45) is 0.468. The van der Waals surface area contributed by atoms with E-state index in [0.29, 0.717) is 6.42 Å². The van der Waals surface area contributed by atoms with E-state index >= 15 is 0 Å². The normalized spacial score (nSPS) is 18.4. The van der Waals surface area contributed by atoms with Crippen molar-refractivity contribution in [3.63, 3.8) is 0 Å². The van der Waals surface area contributed by atoms with Gasteiger partial charge in [-0.2, -0.15) is 0 Å². The molecule has 1 saturated heterocycles. The lowest BCUT2D eigenvalue weighted by Crippen LogP contribution is -2.49. The molecule has 1 aliphatic rings. The van der Waals surface area contributed by atoms with Gasteiger partial charge in [-0.05, 0) is 30.3 Å². The summed E-state index contributed by atoms with van der Waals surface area (Å²) in [7, 11) is 3.79. The third-order valence-electron chi connectivity index (χ3n) is 4.68. The average Bonchev–Trinajstić information content (AvgIpc) is 2.63. The zero-order chi connectivity index (χ0) is 16.9. The quantitative estimate of drug-likeness (QED) is 0.867. The van der Waals surface area contributed by atoms with E-state index in [9.17, 15) is 4.79 Å². The Balaban J connectivity index is 1.71. The molecule has 1 heterocycles. The molecule has 2 aromatic carbocycles. The molecule has 1 amide bonds. The standard InChI is InChI=1S/C20H24N2O2/c1-21-11-12-22(20(23)13-16-7-4-3-5-8-16)15-19(21)17-9-6-10-18(14-17)24-2/h3-10,14,19H,11-13,15H2,1-2H3. The molecule has 0 bridgehead atoms. The number of carbonyl (C=O) groups is 1. The zero-order valence-electron chi connectivity index (χ0n) is 14.3. The third-order valence-corrected chi connectivity index (χ3v) is 4.68. The van der Waals surface area contributed by atoms with Crippen molar-refractivity contribution in [1.82, 2.24) is 9.80 Å². The molecular weight excluding hydrogens is 300 g/mol. The largest absolute Gasteiger partial charge is 0.497 e. The fourth-order valence-corrected chi connectivity index (χ4v) is 3.19. The van der Waals surface area contributed by atoms with E-state index in [1.807, 2.05) is 47.4 Å². The molecule has 0 aromatic heterocycles. The number of methoxy groups -OCH3 is 1. The van der Waals surface area contributed by atoms with E-state index in [1.54, 1.807) is 7.11 Å². The lowest BCUT2D eigenvalue weighted by molar-refractivity contribution is -0.133. The van der Waals surface area contributed by atoms with Crippen LogP contribution in [0.5, 0.6) is 5.75 Å². The molecule has 0 aliphatic carbocycles. The van der Waals surface area contributed by atoms with Crippen molar-refractivity contribution >= 4 is 5.91 Å². The Morgan fingerprint density at radius 2 is 1.92 bits per heavy atom. The molecule has 126 valence electrons. The van der Waals surface area contributed by atoms with Crippen molar-refractivity contribution in [2.24, 2.45) is 0 Å². The highest BCUT2D eigenvalue weighted by Gasteiger charge is 2.28. The van der Waals surface area contributed by atoms with Crippen LogP contribution in [0.15, 0.2) is 54.6 Å². The van der Waals surface area contributed by atoms with Gasteiger partial charge in [0.25, 0.3) is 0 Å². The zero-order valence-corrected chi connectivity index (χ0v) is 14.3. The predicted octanol–water partition coefficient (Wildman–Crippen LogP) is 2.75. The summed E-state index contributed by atoms with van der Waals surface area (Å²) in [5.41, 5.74) is 2.26. The Kier molecular flexibility index (Phi) is 5.16. The van der Waals surface area contributed by atoms with E-state index in [4.69, 9.17) is 4.74 Å². The predicted molar refractivity (Wildman–Crippen MR) is 95.1 cm³/mol. The van der Waals surface area contributed by atoms with Crippen molar-refractivity contribution in [2.75, 3.05) is 33.8 Å². The van der Waals surface area contributed by atoms with Gasteiger partial charge in [-0.15, -0.1) is 0 Å². The summed E-state index contributed by atoms with van der Waals surface area (Å²) in [6.45, 7) is 2.38. The second kappa shape index (κ2) is 7.49. The van der Waals surface area contributed by atoms with Crippen LogP contribution in [0.4, 0.5) is 0 Å². The second-order valence-electron chi connectivity index (χ2n) is 6.28. The van der Waals surface area contributed by atoms with Gasteiger partial charge in [-0.1, -0.05) is 42.5 Å². The van der Waals surface area contributed by atoms with E-state index < -0.39 is 0 Å². The highest BCUT2D eigenvalue weighted by molar-refractivity contribution is 5.79. The van der Waals surface area contributed by atoms with Gasteiger partial charge in [-0.3, -0.25) is 9.69 Å². The Hall–Kier alpha value is -2.33. The molecule has 24 heavy (non-hydrogen) atoms. The summed E-state index contributed by atoms with van der Waals surface area (Å²) in [6, 6.07) is 18.3. The molecule has 1 fully saturated rings. The number of hydrogen-bond donors (Lipinski definition) is 0. The number of piperazine rings is 1. The van der Waals surface area contributed by atoms with Gasteiger partial charge < -0.3 is 9.64 Å². The molecule has 3 rings (SSSR count). The van der Waals surface area contributed by atoms with Gasteiger partial charge >= 0.3 is 0 Å². The van der Waals surface area contributed by atoms with Crippen molar-refractivity contribution in [3.8, 4) is 5.75 Å². The maximum Gasteiger partial charge on any atom is 0.227 e. The summed E-state index contributed by atoms with van der Waals surface area (Å²) >= 11 is 0. The molecule has 1 atom stereocenters. The van der Waals surface area contributed by atoms with Crippen LogP contribution in [0.25, 0.3) is 0 Å². The molecule has 0 N–H and O–H groups in total. The first kappa shape index (κ1) is 16.5. The first-order valence-electron chi connectivity index (χ1n) is 8.33. The minimum absolute atomic E-state index is 0.196. The minimum atomic E-state index is 0.196. The van der Waals surface area contributed by atoms with Crippen LogP contribution in [0.3, 0.4) is 0 Å². The van der Waals surface area contributed by atoms with Crippen molar-refractivity contribution in [2.45, 2.75) is 12.5 Å². The third kappa shape index (κ3) is 3.77. The highest BCUT2D eigenvalue weighted by atomic mass is 16.5. The van der Waals surface area contributed by atoms with E-state index in [0.717, 1.165) is 30.9 Å². The van der Waals surface area contributed by atoms with Gasteiger partial charge in [-0.25, -0.2) is 0 Å². The maximum atomic E-state index is 12.7. The minimum Gasteiger partial charge on any atom is -0.497 e. The highest BCUT2D eigenvalue weighted by Crippen LogP contribution is 2.27. The Labute approximate surface area is 143 Å². The van der Waals surface area contributed by atoms with Crippen molar-refractivity contribution < 1.29 is 9.53 Å². The summed E-state index contributed by atoms with van der Waals surface area (Å²) < 4.78 is 5.34. The number of carbonyl (C=O) groups excluding carboxylic acids is 1. The molecule has 1 unspecified atom stereocenters. The van der Waals surface area contributed by atoms with E-state index in [2.05, 4.69) is 24.1 Å². The van der Waals surface area contributed by atoms with Gasteiger partial charge in [0.15, 0.2) is 0 Å². The molecule has 0 radical (unpaired) electrons. The molecule has 4 heteroatoms. The lowest BCUT2D eigenvalue weighted by Gasteiger charge is -2.40. The van der Waals surface area contributed by atoms with Crippen LogP contribution in [-0.4, -0.2) is 49.5 Å². The molecule has 1 aliphatic heterocycles. The van der Waals surface area contributed by atoms with Gasteiger partial charge in [0.2, 0.25) is 5.91 Å². The first-order valence-corrected chi connectivity index (χ1v) is 8.33. The number of hydrogen-bond acceptors (Lipinski definition) is 3.